The van der Waals surface area contributed by atoms with Crippen LogP contribution in [0.3, 0.4) is 0 Å². The number of piperidine rings is 1. The molecule has 2 aromatic rings. The predicted octanol–water partition coefficient (Wildman–Crippen LogP) is 3.11. The van der Waals surface area contributed by atoms with Crippen molar-refractivity contribution in [1.82, 2.24) is 4.90 Å². The molecule has 0 unspecified atom stereocenters. The van der Waals surface area contributed by atoms with Crippen molar-refractivity contribution < 1.29 is 24.2 Å². The Balaban J connectivity index is 1.60. The van der Waals surface area contributed by atoms with Crippen LogP contribution in [-0.4, -0.2) is 41.1 Å². The van der Waals surface area contributed by atoms with Gasteiger partial charge in [-0.2, -0.15) is 0 Å². The topological polar surface area (TPSA) is 76.1 Å². The number of carboxylic acid groups (broad SMARTS) is 1. The second-order valence-electron chi connectivity index (χ2n) is 6.45. The van der Waals surface area contributed by atoms with Crippen LogP contribution < -0.4 is 9.47 Å². The Morgan fingerprint density at radius 3 is 2.33 bits per heavy atom. The standard InChI is InChI=1S/C21H23NO5/c23-20(22-13-7-6-10-17(22)21(24)25)15-27-19-12-5-4-11-18(19)26-14-16-8-2-1-3-9-16/h1-5,8-9,11-12,17H,6-7,10,13-15H2,(H,24,25)/t17-/m1/s1. The van der Waals surface area contributed by atoms with Crippen molar-refractivity contribution in [3.05, 3.63) is 60.2 Å². The number of nitrogens with zero attached hydrogens (tertiary/aromatic N) is 1. The Kier molecular flexibility index (Phi) is 6.30. The average Bonchev–Trinajstić information content (AvgIpc) is 2.71. The molecule has 0 spiro atoms. The lowest BCUT2D eigenvalue weighted by Crippen LogP contribution is -2.49. The molecule has 0 saturated carbocycles. The summed E-state index contributed by atoms with van der Waals surface area (Å²) in [7, 11) is 0. The number of carboxylic acids is 1. The van der Waals surface area contributed by atoms with E-state index >= 15 is 0 Å². The van der Waals surface area contributed by atoms with Crippen LogP contribution in [0.2, 0.25) is 0 Å². The van der Waals surface area contributed by atoms with Crippen LogP contribution in [-0.2, 0) is 16.2 Å². The summed E-state index contributed by atoms with van der Waals surface area (Å²) in [6, 6.07) is 16.1. The minimum Gasteiger partial charge on any atom is -0.485 e. The van der Waals surface area contributed by atoms with Crippen molar-refractivity contribution in [3.63, 3.8) is 0 Å². The van der Waals surface area contributed by atoms with Crippen LogP contribution in [0.1, 0.15) is 24.8 Å². The molecular weight excluding hydrogens is 346 g/mol. The zero-order chi connectivity index (χ0) is 19.1. The number of hydrogen-bond acceptors (Lipinski definition) is 4. The summed E-state index contributed by atoms with van der Waals surface area (Å²) < 4.78 is 11.5. The van der Waals surface area contributed by atoms with Crippen LogP contribution >= 0.6 is 0 Å². The van der Waals surface area contributed by atoms with Crippen molar-refractivity contribution in [2.75, 3.05) is 13.2 Å². The van der Waals surface area contributed by atoms with Crippen LogP contribution in [0.4, 0.5) is 0 Å². The first kappa shape index (κ1) is 18.8. The van der Waals surface area contributed by atoms with Gasteiger partial charge in [-0.15, -0.1) is 0 Å². The van der Waals surface area contributed by atoms with Crippen LogP contribution in [0.15, 0.2) is 54.6 Å². The minimum absolute atomic E-state index is 0.213. The lowest BCUT2D eigenvalue weighted by Gasteiger charge is -2.32. The molecule has 6 nitrogen and oxygen atoms in total. The number of benzene rings is 2. The Labute approximate surface area is 158 Å². The summed E-state index contributed by atoms with van der Waals surface area (Å²) in [5.41, 5.74) is 1.03. The third-order valence-corrected chi connectivity index (χ3v) is 4.55. The molecule has 0 radical (unpaired) electrons. The van der Waals surface area contributed by atoms with Crippen LogP contribution in [0, 0.1) is 0 Å². The van der Waals surface area contributed by atoms with E-state index in [1.165, 1.54) is 4.90 Å². The highest BCUT2D eigenvalue weighted by atomic mass is 16.5. The largest absolute Gasteiger partial charge is 0.485 e. The third kappa shape index (κ3) is 5.00. The van der Waals surface area contributed by atoms with E-state index in [2.05, 4.69) is 0 Å². The normalized spacial score (nSPS) is 16.6. The monoisotopic (exact) mass is 369 g/mol. The van der Waals surface area contributed by atoms with Gasteiger partial charge in [-0.1, -0.05) is 42.5 Å². The molecule has 1 atom stereocenters. The second-order valence-corrected chi connectivity index (χ2v) is 6.45. The molecule has 0 aromatic heterocycles. The molecule has 6 heteroatoms. The van der Waals surface area contributed by atoms with Gasteiger partial charge in [-0.3, -0.25) is 4.79 Å². The zero-order valence-corrected chi connectivity index (χ0v) is 15.0. The second kappa shape index (κ2) is 9.07. The number of amides is 1. The first-order valence-corrected chi connectivity index (χ1v) is 9.06. The number of aliphatic carboxylic acids is 1. The molecule has 2 aromatic carbocycles. The highest BCUT2D eigenvalue weighted by Crippen LogP contribution is 2.27. The molecular formula is C21H23NO5. The van der Waals surface area contributed by atoms with Gasteiger partial charge in [0.05, 0.1) is 0 Å². The third-order valence-electron chi connectivity index (χ3n) is 4.55. The van der Waals surface area contributed by atoms with Gasteiger partial charge < -0.3 is 19.5 Å². The fourth-order valence-corrected chi connectivity index (χ4v) is 3.13. The molecule has 142 valence electrons. The Hall–Kier alpha value is -3.02. The van der Waals surface area contributed by atoms with E-state index in [1.54, 1.807) is 18.2 Å². The van der Waals surface area contributed by atoms with Gasteiger partial charge in [0, 0.05) is 6.54 Å². The van der Waals surface area contributed by atoms with E-state index in [9.17, 15) is 14.7 Å². The molecule has 1 amide bonds. The fourth-order valence-electron chi connectivity index (χ4n) is 3.13. The molecule has 0 aliphatic carbocycles. The Morgan fingerprint density at radius 1 is 0.963 bits per heavy atom. The zero-order valence-electron chi connectivity index (χ0n) is 15.0. The lowest BCUT2D eigenvalue weighted by atomic mass is 10.0. The predicted molar refractivity (Wildman–Crippen MR) is 99.7 cm³/mol. The van der Waals surface area contributed by atoms with Gasteiger partial charge in [0.15, 0.2) is 18.1 Å². The van der Waals surface area contributed by atoms with E-state index in [0.717, 1.165) is 18.4 Å². The minimum atomic E-state index is -0.963. The summed E-state index contributed by atoms with van der Waals surface area (Å²) in [5.74, 6) is -0.275. The first-order chi connectivity index (χ1) is 13.1. The maximum atomic E-state index is 12.5. The number of hydrogen-bond donors (Lipinski definition) is 1. The van der Waals surface area contributed by atoms with Gasteiger partial charge in [-0.05, 0) is 37.0 Å². The number of para-hydroxylation sites is 2. The molecule has 1 aliphatic rings. The molecule has 1 aliphatic heterocycles. The maximum absolute atomic E-state index is 12.5. The van der Waals surface area contributed by atoms with Crippen molar-refractivity contribution in [2.24, 2.45) is 0 Å². The van der Waals surface area contributed by atoms with Gasteiger partial charge in [0.25, 0.3) is 5.91 Å². The van der Waals surface area contributed by atoms with Crippen molar-refractivity contribution in [2.45, 2.75) is 31.9 Å². The van der Waals surface area contributed by atoms with Crippen LogP contribution in [0.25, 0.3) is 0 Å². The molecule has 0 bridgehead atoms. The molecule has 1 N–H and O–H groups in total. The maximum Gasteiger partial charge on any atom is 0.326 e. The lowest BCUT2D eigenvalue weighted by molar-refractivity contribution is -0.152. The average molecular weight is 369 g/mol. The molecule has 1 fully saturated rings. The van der Waals surface area contributed by atoms with E-state index in [0.29, 0.717) is 31.1 Å². The molecule has 1 heterocycles. The van der Waals surface area contributed by atoms with Gasteiger partial charge in [0.1, 0.15) is 12.6 Å². The van der Waals surface area contributed by atoms with Crippen LogP contribution in [0.5, 0.6) is 11.5 Å². The van der Waals surface area contributed by atoms with E-state index in [-0.39, 0.29) is 12.5 Å². The highest BCUT2D eigenvalue weighted by molar-refractivity contribution is 5.84. The van der Waals surface area contributed by atoms with E-state index < -0.39 is 12.0 Å². The summed E-state index contributed by atoms with van der Waals surface area (Å²) in [5, 5.41) is 9.31. The number of rotatable bonds is 7. The molecule has 3 rings (SSSR count). The first-order valence-electron chi connectivity index (χ1n) is 9.06. The quantitative estimate of drug-likeness (QED) is 0.812. The highest BCUT2D eigenvalue weighted by Gasteiger charge is 2.32. The molecule has 27 heavy (non-hydrogen) atoms. The smallest absolute Gasteiger partial charge is 0.326 e. The number of ether oxygens (including phenoxy) is 2. The van der Waals surface area contributed by atoms with Crippen molar-refractivity contribution in [3.8, 4) is 11.5 Å². The van der Waals surface area contributed by atoms with E-state index in [1.807, 2.05) is 36.4 Å². The SMILES string of the molecule is O=C(O)[C@H]1CCCCN1C(=O)COc1ccccc1OCc1ccccc1. The number of carbonyl (C=O) groups excluding carboxylic acids is 1. The van der Waals surface area contributed by atoms with Gasteiger partial charge in [-0.25, -0.2) is 4.79 Å². The van der Waals surface area contributed by atoms with Crippen molar-refractivity contribution >= 4 is 11.9 Å². The van der Waals surface area contributed by atoms with Gasteiger partial charge >= 0.3 is 5.97 Å². The number of likely N-dealkylation sites (tertiary alicyclic amines) is 1. The van der Waals surface area contributed by atoms with Crippen molar-refractivity contribution in [1.29, 1.82) is 0 Å². The summed E-state index contributed by atoms with van der Waals surface area (Å²) >= 11 is 0. The van der Waals surface area contributed by atoms with E-state index in [4.69, 9.17) is 9.47 Å². The summed E-state index contributed by atoms with van der Waals surface area (Å²) in [4.78, 5) is 25.2. The molecule has 1 saturated heterocycles. The Morgan fingerprint density at radius 2 is 1.63 bits per heavy atom. The number of carbonyl (C=O) groups is 2. The Bertz CT molecular complexity index is 777. The summed E-state index contributed by atoms with van der Waals surface area (Å²) in [6.45, 7) is 0.628. The fraction of sp³-hybridized carbons (Fsp3) is 0.333. The summed E-state index contributed by atoms with van der Waals surface area (Å²) in [6.07, 6.45) is 2.11. The van der Waals surface area contributed by atoms with Gasteiger partial charge in [0.2, 0.25) is 0 Å².